The van der Waals surface area contributed by atoms with Gasteiger partial charge in [0.05, 0.1) is 18.6 Å². The molecule has 3 atom stereocenters. The molecule has 0 aliphatic heterocycles. The minimum absolute atomic E-state index is 0.0581. The van der Waals surface area contributed by atoms with Crippen LogP contribution < -0.4 is 10.6 Å². The zero-order valence-electron chi connectivity index (χ0n) is 18.9. The average molecular weight is 467 g/mol. The van der Waals surface area contributed by atoms with Gasteiger partial charge in [-0.1, -0.05) is 67.8 Å². The summed E-state index contributed by atoms with van der Waals surface area (Å²) in [5.41, 5.74) is 4.30. The van der Waals surface area contributed by atoms with E-state index in [1.54, 1.807) is 0 Å². The lowest BCUT2D eigenvalue weighted by atomic mass is 9.98. The van der Waals surface area contributed by atoms with E-state index in [-0.39, 0.29) is 12.5 Å². The predicted molar refractivity (Wildman–Crippen MR) is 125 cm³/mol. The molecule has 4 N–H and O–H groups in total. The fraction of sp³-hybridized carbons (Fsp3) is 0.423. The molecule has 0 bridgehead atoms. The maximum Gasteiger partial charge on any atom is 0.407 e. The van der Waals surface area contributed by atoms with E-state index in [1.807, 2.05) is 48.5 Å². The third-order valence-electron chi connectivity index (χ3n) is 6.64. The summed E-state index contributed by atoms with van der Waals surface area (Å²) in [4.78, 5) is 36.7. The van der Waals surface area contributed by atoms with Crippen LogP contribution in [0.2, 0.25) is 0 Å². The topological polar surface area (TPSA) is 125 Å². The molecule has 0 heterocycles. The smallest absolute Gasteiger partial charge is 0.407 e. The maximum atomic E-state index is 12.8. The number of hydrogen-bond acceptors (Lipinski definition) is 5. The zero-order chi connectivity index (χ0) is 24.1. The van der Waals surface area contributed by atoms with Gasteiger partial charge in [-0.25, -0.2) is 4.79 Å². The number of carbonyl (C=O) groups excluding carboxylic acids is 2. The Morgan fingerprint density at radius 2 is 1.56 bits per heavy atom. The first-order valence-electron chi connectivity index (χ1n) is 11.8. The van der Waals surface area contributed by atoms with Crippen LogP contribution in [0.1, 0.15) is 55.6 Å². The molecule has 180 valence electrons. The summed E-state index contributed by atoms with van der Waals surface area (Å²) in [6, 6.07) is 14.1. The second kappa shape index (κ2) is 10.7. The lowest BCUT2D eigenvalue weighted by molar-refractivity contribution is -0.140. The first-order chi connectivity index (χ1) is 16.4. The molecule has 2 aliphatic carbocycles. The van der Waals surface area contributed by atoms with E-state index in [4.69, 9.17) is 4.74 Å². The van der Waals surface area contributed by atoms with Gasteiger partial charge in [-0.05, 0) is 35.1 Å². The van der Waals surface area contributed by atoms with Crippen LogP contribution in [-0.2, 0) is 14.3 Å². The van der Waals surface area contributed by atoms with Gasteiger partial charge in [0, 0.05) is 5.92 Å². The summed E-state index contributed by atoms with van der Waals surface area (Å²) in [6.45, 7) is 0.0581. The Kier molecular flexibility index (Phi) is 7.47. The minimum atomic E-state index is -1.30. The van der Waals surface area contributed by atoms with Gasteiger partial charge in [0.15, 0.2) is 0 Å². The molecule has 4 rings (SSSR count). The van der Waals surface area contributed by atoms with Crippen LogP contribution in [-0.4, -0.2) is 53.0 Å². The van der Waals surface area contributed by atoms with Crippen LogP contribution >= 0.6 is 0 Å². The van der Waals surface area contributed by atoms with E-state index in [1.165, 1.54) is 0 Å². The molecule has 8 nitrogen and oxygen atoms in total. The number of aliphatic hydroxyl groups excluding tert-OH is 1. The fourth-order valence-electron chi connectivity index (χ4n) is 4.91. The molecular formula is C26H30N2O6. The molecule has 0 aromatic heterocycles. The zero-order valence-corrected chi connectivity index (χ0v) is 18.9. The highest BCUT2D eigenvalue weighted by Gasteiger charge is 2.31. The third kappa shape index (κ3) is 5.39. The number of alkyl carbamates (subject to hydrolysis) is 1. The molecule has 2 aromatic rings. The Morgan fingerprint density at radius 3 is 2.21 bits per heavy atom. The molecular weight excluding hydrogens is 436 g/mol. The summed E-state index contributed by atoms with van der Waals surface area (Å²) in [5.74, 6) is -2.01. The van der Waals surface area contributed by atoms with Gasteiger partial charge in [-0.2, -0.15) is 0 Å². The summed E-state index contributed by atoms with van der Waals surface area (Å²) in [6.07, 6.45) is 1.77. The van der Waals surface area contributed by atoms with Crippen LogP contribution in [0.25, 0.3) is 11.1 Å². The molecule has 0 saturated heterocycles. The van der Waals surface area contributed by atoms with Crippen LogP contribution in [0.15, 0.2) is 48.5 Å². The number of rotatable bonds is 7. The molecule has 0 radical (unpaired) electrons. The van der Waals surface area contributed by atoms with Crippen molar-refractivity contribution in [2.45, 2.75) is 62.6 Å². The standard InChI is InChI=1S/C26H30N2O6/c29-23-13-3-1-2-12-21(23)27-25(32)22(14-24(30)31)28-26(33)34-15-20-18-10-6-4-8-16(18)17-9-5-7-11-19(17)20/h4-11,20-23,29H,1-3,12-15H2,(H,27,32)(H,28,33)(H,30,31)/t21-,22?,23-/m1/s1. The number of hydrogen-bond donors (Lipinski definition) is 4. The number of benzene rings is 2. The van der Waals surface area contributed by atoms with Crippen LogP contribution in [0, 0.1) is 0 Å². The summed E-state index contributed by atoms with van der Waals surface area (Å²) in [7, 11) is 0. The van der Waals surface area contributed by atoms with E-state index in [9.17, 15) is 24.6 Å². The van der Waals surface area contributed by atoms with Crippen molar-refractivity contribution in [3.63, 3.8) is 0 Å². The van der Waals surface area contributed by atoms with Crippen LogP contribution in [0.4, 0.5) is 4.79 Å². The molecule has 0 spiro atoms. The number of carboxylic acid groups (broad SMARTS) is 1. The number of carboxylic acids is 1. The summed E-state index contributed by atoms with van der Waals surface area (Å²) < 4.78 is 5.46. The first-order valence-corrected chi connectivity index (χ1v) is 11.8. The number of fused-ring (bicyclic) bond motifs is 3. The lowest BCUT2D eigenvalue weighted by Gasteiger charge is -2.25. The largest absolute Gasteiger partial charge is 0.481 e. The molecule has 1 unspecified atom stereocenters. The van der Waals surface area contributed by atoms with Gasteiger partial charge < -0.3 is 25.6 Å². The van der Waals surface area contributed by atoms with E-state index in [0.717, 1.165) is 41.5 Å². The predicted octanol–water partition coefficient (Wildman–Crippen LogP) is 3.18. The van der Waals surface area contributed by atoms with Gasteiger partial charge in [0.1, 0.15) is 12.6 Å². The number of nitrogens with one attached hydrogen (secondary N) is 2. The molecule has 2 aromatic carbocycles. The van der Waals surface area contributed by atoms with Crippen molar-refractivity contribution in [2.75, 3.05) is 6.61 Å². The molecule has 1 fully saturated rings. The fourth-order valence-corrected chi connectivity index (χ4v) is 4.91. The Labute approximate surface area is 198 Å². The molecule has 8 heteroatoms. The highest BCUT2D eigenvalue weighted by atomic mass is 16.5. The Hall–Kier alpha value is -3.39. The second-order valence-corrected chi connectivity index (χ2v) is 8.94. The highest BCUT2D eigenvalue weighted by Crippen LogP contribution is 2.44. The Morgan fingerprint density at radius 1 is 0.941 bits per heavy atom. The quantitative estimate of drug-likeness (QED) is 0.465. The SMILES string of the molecule is O=C(O)CC(NC(=O)OCC1c2ccccc2-c2ccccc21)C(=O)N[C@@H]1CCCCC[C@H]1O. The second-order valence-electron chi connectivity index (χ2n) is 8.94. The third-order valence-corrected chi connectivity index (χ3v) is 6.64. The Balaban J connectivity index is 1.40. The number of aliphatic carboxylic acids is 1. The average Bonchev–Trinajstić information content (AvgIpc) is 3.00. The minimum Gasteiger partial charge on any atom is -0.481 e. The molecule has 1 saturated carbocycles. The number of carbonyl (C=O) groups is 3. The number of amides is 2. The van der Waals surface area contributed by atoms with E-state index in [2.05, 4.69) is 10.6 Å². The van der Waals surface area contributed by atoms with Crippen molar-refractivity contribution in [2.24, 2.45) is 0 Å². The van der Waals surface area contributed by atoms with E-state index >= 15 is 0 Å². The van der Waals surface area contributed by atoms with Gasteiger partial charge in [0.2, 0.25) is 5.91 Å². The van der Waals surface area contributed by atoms with Crippen molar-refractivity contribution in [1.82, 2.24) is 10.6 Å². The van der Waals surface area contributed by atoms with Crippen molar-refractivity contribution in [1.29, 1.82) is 0 Å². The molecule has 34 heavy (non-hydrogen) atoms. The normalized spacial score (nSPS) is 20.4. The first kappa shape index (κ1) is 23.8. The number of ether oxygens (including phenoxy) is 1. The van der Waals surface area contributed by atoms with Crippen LogP contribution in [0.5, 0.6) is 0 Å². The van der Waals surface area contributed by atoms with Crippen molar-refractivity contribution in [3.05, 3.63) is 59.7 Å². The van der Waals surface area contributed by atoms with Gasteiger partial charge in [-0.3, -0.25) is 9.59 Å². The van der Waals surface area contributed by atoms with Gasteiger partial charge >= 0.3 is 12.1 Å². The van der Waals surface area contributed by atoms with Gasteiger partial charge in [-0.15, -0.1) is 0 Å². The highest BCUT2D eigenvalue weighted by molar-refractivity contribution is 5.89. The van der Waals surface area contributed by atoms with Crippen molar-refractivity contribution >= 4 is 18.0 Å². The van der Waals surface area contributed by atoms with Gasteiger partial charge in [0.25, 0.3) is 0 Å². The van der Waals surface area contributed by atoms with E-state index in [0.29, 0.717) is 12.8 Å². The molecule has 2 amide bonds. The number of aliphatic hydroxyl groups is 1. The Bertz CT molecular complexity index is 1010. The lowest BCUT2D eigenvalue weighted by Crippen LogP contribution is -2.53. The summed E-state index contributed by atoms with van der Waals surface area (Å²) >= 11 is 0. The van der Waals surface area contributed by atoms with E-state index < -0.39 is 42.6 Å². The van der Waals surface area contributed by atoms with Crippen LogP contribution in [0.3, 0.4) is 0 Å². The monoisotopic (exact) mass is 466 g/mol. The van der Waals surface area contributed by atoms with Crippen molar-refractivity contribution < 1.29 is 29.3 Å². The van der Waals surface area contributed by atoms with Crippen molar-refractivity contribution in [3.8, 4) is 11.1 Å². The maximum absolute atomic E-state index is 12.8. The molecule has 2 aliphatic rings. The summed E-state index contributed by atoms with van der Waals surface area (Å²) in [5, 5.41) is 24.6.